The second kappa shape index (κ2) is 4.20. The van der Waals surface area contributed by atoms with E-state index in [1.165, 1.54) is 11.3 Å². The molecule has 0 atom stereocenters. The van der Waals surface area contributed by atoms with E-state index in [4.69, 9.17) is 5.11 Å². The van der Waals surface area contributed by atoms with Crippen LogP contribution in [0.2, 0.25) is 0 Å². The van der Waals surface area contributed by atoms with Crippen molar-refractivity contribution >= 4 is 22.3 Å². The first kappa shape index (κ1) is 11.9. The molecule has 0 radical (unpaired) electrons. The summed E-state index contributed by atoms with van der Waals surface area (Å²) in [7, 11) is 0. The van der Waals surface area contributed by atoms with E-state index in [0.29, 0.717) is 4.96 Å². The summed E-state index contributed by atoms with van der Waals surface area (Å²) in [6.07, 6.45) is 1.79. The van der Waals surface area contributed by atoms with E-state index in [1.807, 2.05) is 13.8 Å². The SMILES string of the molecule is Cc1ccc(C)c(-c2cn3c(C(=O)O)csc3n2)c1. The molecule has 0 fully saturated rings. The molecular weight excluding hydrogens is 260 g/mol. The molecule has 1 N–H and O–H groups in total. The molecule has 0 unspecified atom stereocenters. The predicted molar refractivity (Wildman–Crippen MR) is 74.9 cm³/mol. The number of aryl methyl sites for hydroxylation is 2. The van der Waals surface area contributed by atoms with Gasteiger partial charge in [-0.3, -0.25) is 4.40 Å². The summed E-state index contributed by atoms with van der Waals surface area (Å²) in [6, 6.07) is 6.18. The minimum absolute atomic E-state index is 0.254. The highest BCUT2D eigenvalue weighted by atomic mass is 32.1. The second-order valence-electron chi connectivity index (χ2n) is 4.52. The Bertz CT molecular complexity index is 786. The zero-order chi connectivity index (χ0) is 13.6. The van der Waals surface area contributed by atoms with Crippen LogP contribution in [-0.4, -0.2) is 20.5 Å². The molecule has 96 valence electrons. The minimum Gasteiger partial charge on any atom is -0.477 e. The Hall–Kier alpha value is -2.14. The molecule has 3 rings (SSSR count). The van der Waals surface area contributed by atoms with E-state index < -0.39 is 5.97 Å². The van der Waals surface area contributed by atoms with Gasteiger partial charge in [-0.1, -0.05) is 17.7 Å². The monoisotopic (exact) mass is 272 g/mol. The summed E-state index contributed by atoms with van der Waals surface area (Å²) in [5.74, 6) is -0.934. The summed E-state index contributed by atoms with van der Waals surface area (Å²) >= 11 is 1.34. The van der Waals surface area contributed by atoms with Crippen molar-refractivity contribution in [3.05, 3.63) is 46.6 Å². The molecule has 1 aromatic carbocycles. The largest absolute Gasteiger partial charge is 0.477 e. The lowest BCUT2D eigenvalue weighted by Gasteiger charge is -2.03. The number of thiazole rings is 1. The van der Waals surface area contributed by atoms with Crippen molar-refractivity contribution in [1.29, 1.82) is 0 Å². The van der Waals surface area contributed by atoms with Crippen LogP contribution in [0, 0.1) is 13.8 Å². The number of rotatable bonds is 2. The first-order chi connectivity index (χ1) is 9.06. The maximum absolute atomic E-state index is 11.1. The smallest absolute Gasteiger partial charge is 0.353 e. The van der Waals surface area contributed by atoms with Gasteiger partial charge in [0, 0.05) is 17.1 Å². The van der Waals surface area contributed by atoms with Crippen molar-refractivity contribution in [1.82, 2.24) is 9.38 Å². The van der Waals surface area contributed by atoms with E-state index in [-0.39, 0.29) is 5.69 Å². The molecule has 0 saturated heterocycles. The highest BCUT2D eigenvalue weighted by Gasteiger charge is 2.14. The topological polar surface area (TPSA) is 54.6 Å². The van der Waals surface area contributed by atoms with Crippen LogP contribution in [0.4, 0.5) is 0 Å². The van der Waals surface area contributed by atoms with Crippen molar-refractivity contribution in [3.63, 3.8) is 0 Å². The quantitative estimate of drug-likeness (QED) is 0.778. The average Bonchev–Trinajstić information content (AvgIpc) is 2.91. The fourth-order valence-corrected chi connectivity index (χ4v) is 2.93. The molecule has 0 aliphatic rings. The molecule has 5 heteroatoms. The molecule has 0 aliphatic heterocycles. The molecule has 0 aliphatic carbocycles. The van der Waals surface area contributed by atoms with Gasteiger partial charge in [-0.05, 0) is 25.5 Å². The number of imidazole rings is 1. The van der Waals surface area contributed by atoms with Gasteiger partial charge in [-0.15, -0.1) is 11.3 Å². The Kier molecular flexibility index (Phi) is 2.64. The summed E-state index contributed by atoms with van der Waals surface area (Å²) < 4.78 is 1.63. The summed E-state index contributed by atoms with van der Waals surface area (Å²) in [4.78, 5) is 16.3. The average molecular weight is 272 g/mol. The third-order valence-corrected chi connectivity index (χ3v) is 3.94. The number of benzene rings is 1. The van der Waals surface area contributed by atoms with Crippen LogP contribution in [0.15, 0.2) is 29.8 Å². The van der Waals surface area contributed by atoms with Crippen LogP contribution < -0.4 is 0 Å². The third kappa shape index (κ3) is 1.92. The number of hydrogen-bond donors (Lipinski definition) is 1. The van der Waals surface area contributed by atoms with Crippen molar-refractivity contribution in [2.75, 3.05) is 0 Å². The van der Waals surface area contributed by atoms with E-state index in [9.17, 15) is 4.79 Å². The van der Waals surface area contributed by atoms with E-state index in [0.717, 1.165) is 22.4 Å². The zero-order valence-corrected chi connectivity index (χ0v) is 11.4. The fourth-order valence-electron chi connectivity index (χ4n) is 2.08. The van der Waals surface area contributed by atoms with Crippen LogP contribution in [-0.2, 0) is 0 Å². The van der Waals surface area contributed by atoms with Crippen LogP contribution >= 0.6 is 11.3 Å². The number of carboxylic acids is 1. The van der Waals surface area contributed by atoms with E-state index in [1.54, 1.807) is 16.0 Å². The molecule has 4 nitrogen and oxygen atoms in total. The molecule has 2 aromatic heterocycles. The number of carboxylic acid groups (broad SMARTS) is 1. The van der Waals surface area contributed by atoms with Gasteiger partial charge < -0.3 is 5.11 Å². The Balaban J connectivity index is 2.21. The molecule has 2 heterocycles. The number of hydrogen-bond acceptors (Lipinski definition) is 3. The summed E-state index contributed by atoms with van der Waals surface area (Å²) in [6.45, 7) is 4.06. The zero-order valence-electron chi connectivity index (χ0n) is 10.5. The molecular formula is C14H12N2O2S. The number of aromatic carboxylic acids is 1. The normalized spacial score (nSPS) is 11.1. The molecule has 0 saturated carbocycles. The lowest BCUT2D eigenvalue weighted by atomic mass is 10.0. The Labute approximate surface area is 114 Å². The number of nitrogens with zero attached hydrogens (tertiary/aromatic N) is 2. The van der Waals surface area contributed by atoms with E-state index in [2.05, 4.69) is 23.2 Å². The third-order valence-electron chi connectivity index (χ3n) is 3.10. The lowest BCUT2D eigenvalue weighted by molar-refractivity contribution is 0.0689. The fraction of sp³-hybridized carbons (Fsp3) is 0.143. The van der Waals surface area contributed by atoms with Gasteiger partial charge in [-0.2, -0.15) is 0 Å². The van der Waals surface area contributed by atoms with Gasteiger partial charge in [-0.25, -0.2) is 9.78 Å². The summed E-state index contributed by atoms with van der Waals surface area (Å²) in [5, 5.41) is 10.7. The van der Waals surface area contributed by atoms with Crippen LogP contribution in [0.3, 0.4) is 0 Å². The first-order valence-electron chi connectivity index (χ1n) is 5.84. The Morgan fingerprint density at radius 1 is 1.37 bits per heavy atom. The molecule has 0 bridgehead atoms. The number of aromatic nitrogens is 2. The van der Waals surface area contributed by atoms with Crippen LogP contribution in [0.25, 0.3) is 16.2 Å². The van der Waals surface area contributed by atoms with Gasteiger partial charge in [0.1, 0.15) is 5.69 Å². The highest BCUT2D eigenvalue weighted by molar-refractivity contribution is 7.15. The minimum atomic E-state index is -0.934. The van der Waals surface area contributed by atoms with Crippen LogP contribution in [0.5, 0.6) is 0 Å². The van der Waals surface area contributed by atoms with Crippen molar-refractivity contribution in [2.24, 2.45) is 0 Å². The van der Waals surface area contributed by atoms with Crippen molar-refractivity contribution in [3.8, 4) is 11.3 Å². The van der Waals surface area contributed by atoms with E-state index >= 15 is 0 Å². The molecule has 19 heavy (non-hydrogen) atoms. The lowest BCUT2D eigenvalue weighted by Crippen LogP contribution is -1.99. The maximum Gasteiger partial charge on any atom is 0.353 e. The second-order valence-corrected chi connectivity index (χ2v) is 5.36. The van der Waals surface area contributed by atoms with Gasteiger partial charge in [0.15, 0.2) is 4.96 Å². The Morgan fingerprint density at radius 2 is 2.16 bits per heavy atom. The number of carbonyl (C=O) groups is 1. The maximum atomic E-state index is 11.1. The van der Waals surface area contributed by atoms with Gasteiger partial charge >= 0.3 is 5.97 Å². The molecule has 0 spiro atoms. The van der Waals surface area contributed by atoms with Gasteiger partial charge in [0.2, 0.25) is 0 Å². The van der Waals surface area contributed by atoms with Crippen molar-refractivity contribution in [2.45, 2.75) is 13.8 Å². The first-order valence-corrected chi connectivity index (χ1v) is 6.72. The van der Waals surface area contributed by atoms with Gasteiger partial charge in [0.25, 0.3) is 0 Å². The summed E-state index contributed by atoms with van der Waals surface area (Å²) in [5.41, 5.74) is 4.41. The standard InChI is InChI=1S/C14H12N2O2S/c1-8-3-4-9(2)10(5-8)11-6-16-12(13(17)18)7-19-14(16)15-11/h3-7H,1-2H3,(H,17,18). The Morgan fingerprint density at radius 3 is 2.89 bits per heavy atom. The van der Waals surface area contributed by atoms with Crippen LogP contribution in [0.1, 0.15) is 21.6 Å². The number of fused-ring (bicyclic) bond motifs is 1. The predicted octanol–water partition coefficient (Wildman–Crippen LogP) is 3.38. The van der Waals surface area contributed by atoms with Crippen molar-refractivity contribution < 1.29 is 9.90 Å². The highest BCUT2D eigenvalue weighted by Crippen LogP contribution is 2.26. The molecule has 0 amide bonds. The van der Waals surface area contributed by atoms with Gasteiger partial charge in [0.05, 0.1) is 5.69 Å². The molecule has 3 aromatic rings.